The predicted octanol–water partition coefficient (Wildman–Crippen LogP) is 2.34. The number of nitrogens with one attached hydrogen (secondary N) is 3. The largest absolute Gasteiger partial charge is 0.356 e. The standard InChI is InChI=1S/C19H31N5O/c1-20-19(23-12-5-9-16-7-3-2-4-8-16)24-14-13-22-18(25)17-10-6-11-21-15-17/h6,10-11,15-16H,2-5,7-9,12-14H2,1H3,(H,22,25)(H2,20,23,24). The van der Waals surface area contributed by atoms with Gasteiger partial charge in [0, 0.05) is 39.1 Å². The zero-order chi connectivity index (χ0) is 17.7. The number of nitrogens with zero attached hydrogens (tertiary/aromatic N) is 2. The zero-order valence-corrected chi connectivity index (χ0v) is 15.3. The van der Waals surface area contributed by atoms with Gasteiger partial charge in [0.25, 0.3) is 5.91 Å². The van der Waals surface area contributed by atoms with Gasteiger partial charge in [0.05, 0.1) is 5.56 Å². The van der Waals surface area contributed by atoms with Gasteiger partial charge in [0.2, 0.25) is 0 Å². The molecule has 1 saturated carbocycles. The molecule has 1 aromatic heterocycles. The minimum Gasteiger partial charge on any atom is -0.356 e. The van der Waals surface area contributed by atoms with Gasteiger partial charge in [0.1, 0.15) is 0 Å². The summed E-state index contributed by atoms with van der Waals surface area (Å²) in [5, 5.41) is 9.43. The third-order valence-corrected chi connectivity index (χ3v) is 4.66. The van der Waals surface area contributed by atoms with E-state index in [0.29, 0.717) is 18.7 Å². The molecule has 0 spiro atoms. The lowest BCUT2D eigenvalue weighted by Gasteiger charge is -2.21. The van der Waals surface area contributed by atoms with Crippen molar-refractivity contribution in [2.75, 3.05) is 26.7 Å². The molecule has 2 rings (SSSR count). The highest BCUT2D eigenvalue weighted by Crippen LogP contribution is 2.26. The molecule has 0 radical (unpaired) electrons. The Hall–Kier alpha value is -2.11. The van der Waals surface area contributed by atoms with E-state index >= 15 is 0 Å². The summed E-state index contributed by atoms with van der Waals surface area (Å²) in [5.41, 5.74) is 0.577. The van der Waals surface area contributed by atoms with Gasteiger partial charge in [-0.3, -0.25) is 14.8 Å². The summed E-state index contributed by atoms with van der Waals surface area (Å²) < 4.78 is 0. The van der Waals surface area contributed by atoms with E-state index in [1.54, 1.807) is 31.6 Å². The number of carbonyl (C=O) groups is 1. The molecule has 138 valence electrons. The van der Waals surface area contributed by atoms with Gasteiger partial charge in [-0.1, -0.05) is 32.1 Å². The van der Waals surface area contributed by atoms with E-state index in [4.69, 9.17) is 0 Å². The van der Waals surface area contributed by atoms with Crippen molar-refractivity contribution in [2.45, 2.75) is 44.9 Å². The molecular weight excluding hydrogens is 314 g/mol. The first-order valence-electron chi connectivity index (χ1n) is 9.42. The molecule has 0 aromatic carbocycles. The van der Waals surface area contributed by atoms with Gasteiger partial charge in [-0.2, -0.15) is 0 Å². The summed E-state index contributed by atoms with van der Waals surface area (Å²) >= 11 is 0. The van der Waals surface area contributed by atoms with Gasteiger partial charge < -0.3 is 16.0 Å². The molecule has 1 heterocycles. The molecule has 1 aromatic rings. The molecule has 1 aliphatic rings. The van der Waals surface area contributed by atoms with Crippen molar-refractivity contribution in [2.24, 2.45) is 10.9 Å². The van der Waals surface area contributed by atoms with Crippen molar-refractivity contribution in [3.8, 4) is 0 Å². The van der Waals surface area contributed by atoms with E-state index in [-0.39, 0.29) is 5.91 Å². The molecule has 25 heavy (non-hydrogen) atoms. The fourth-order valence-electron chi connectivity index (χ4n) is 3.25. The summed E-state index contributed by atoms with van der Waals surface area (Å²) in [4.78, 5) is 20.1. The Morgan fingerprint density at radius 1 is 1.16 bits per heavy atom. The number of aromatic nitrogens is 1. The quantitative estimate of drug-likeness (QED) is 0.384. The summed E-state index contributed by atoms with van der Waals surface area (Å²) in [6.07, 6.45) is 12.8. The lowest BCUT2D eigenvalue weighted by molar-refractivity contribution is 0.0954. The van der Waals surface area contributed by atoms with Crippen LogP contribution < -0.4 is 16.0 Å². The van der Waals surface area contributed by atoms with Crippen LogP contribution in [-0.2, 0) is 0 Å². The van der Waals surface area contributed by atoms with Crippen molar-refractivity contribution < 1.29 is 4.79 Å². The normalized spacial score (nSPS) is 15.6. The van der Waals surface area contributed by atoms with Crippen LogP contribution in [0.3, 0.4) is 0 Å². The SMILES string of the molecule is CN=C(NCCCC1CCCCC1)NCCNC(=O)c1cccnc1. The van der Waals surface area contributed by atoms with Gasteiger partial charge in [0.15, 0.2) is 5.96 Å². The monoisotopic (exact) mass is 345 g/mol. The Bertz CT molecular complexity index is 526. The third kappa shape index (κ3) is 7.54. The zero-order valence-electron chi connectivity index (χ0n) is 15.3. The first-order chi connectivity index (χ1) is 12.3. The van der Waals surface area contributed by atoms with E-state index < -0.39 is 0 Å². The third-order valence-electron chi connectivity index (χ3n) is 4.66. The number of rotatable bonds is 8. The van der Waals surface area contributed by atoms with Gasteiger partial charge in [-0.25, -0.2) is 0 Å². The summed E-state index contributed by atoms with van der Waals surface area (Å²) in [6, 6.07) is 3.51. The van der Waals surface area contributed by atoms with Crippen molar-refractivity contribution in [1.29, 1.82) is 0 Å². The maximum atomic E-state index is 11.9. The van der Waals surface area contributed by atoms with Crippen LogP contribution in [0, 0.1) is 5.92 Å². The Morgan fingerprint density at radius 3 is 2.64 bits per heavy atom. The van der Waals surface area contributed by atoms with E-state index in [1.165, 1.54) is 44.9 Å². The Balaban J connectivity index is 1.53. The number of hydrogen-bond donors (Lipinski definition) is 3. The van der Waals surface area contributed by atoms with Crippen molar-refractivity contribution >= 4 is 11.9 Å². The number of guanidine groups is 1. The molecule has 3 N–H and O–H groups in total. The Labute approximate surface area is 150 Å². The van der Waals surface area contributed by atoms with Crippen LogP contribution in [-0.4, -0.2) is 43.5 Å². The average Bonchev–Trinajstić information content (AvgIpc) is 2.68. The van der Waals surface area contributed by atoms with Crippen LogP contribution in [0.1, 0.15) is 55.3 Å². The van der Waals surface area contributed by atoms with Crippen LogP contribution in [0.2, 0.25) is 0 Å². The van der Waals surface area contributed by atoms with Crippen LogP contribution in [0.15, 0.2) is 29.5 Å². The van der Waals surface area contributed by atoms with Crippen LogP contribution in [0.25, 0.3) is 0 Å². The van der Waals surface area contributed by atoms with E-state index in [9.17, 15) is 4.79 Å². The number of carbonyl (C=O) groups excluding carboxylic acids is 1. The van der Waals surface area contributed by atoms with Crippen LogP contribution in [0.4, 0.5) is 0 Å². The Morgan fingerprint density at radius 2 is 1.92 bits per heavy atom. The first-order valence-corrected chi connectivity index (χ1v) is 9.42. The van der Waals surface area contributed by atoms with Crippen LogP contribution >= 0.6 is 0 Å². The molecule has 0 atom stereocenters. The van der Waals surface area contributed by atoms with E-state index in [1.807, 2.05) is 0 Å². The minimum atomic E-state index is -0.106. The fourth-order valence-corrected chi connectivity index (χ4v) is 3.25. The van der Waals surface area contributed by atoms with Gasteiger partial charge in [-0.05, 0) is 30.9 Å². The first kappa shape index (κ1) is 19.2. The second-order valence-corrected chi connectivity index (χ2v) is 6.57. The lowest BCUT2D eigenvalue weighted by atomic mass is 9.86. The summed E-state index contributed by atoms with van der Waals surface area (Å²) in [7, 11) is 1.77. The molecule has 0 bridgehead atoms. The topological polar surface area (TPSA) is 78.4 Å². The van der Waals surface area contributed by atoms with Crippen molar-refractivity contribution in [3.05, 3.63) is 30.1 Å². The maximum Gasteiger partial charge on any atom is 0.252 e. The van der Waals surface area contributed by atoms with Gasteiger partial charge in [-0.15, -0.1) is 0 Å². The molecule has 6 heteroatoms. The number of pyridine rings is 1. The average molecular weight is 345 g/mol. The number of hydrogen-bond acceptors (Lipinski definition) is 3. The molecule has 1 aliphatic carbocycles. The van der Waals surface area contributed by atoms with Crippen molar-refractivity contribution in [3.63, 3.8) is 0 Å². The van der Waals surface area contributed by atoms with E-state index in [2.05, 4.69) is 25.9 Å². The van der Waals surface area contributed by atoms with Crippen molar-refractivity contribution in [1.82, 2.24) is 20.9 Å². The molecule has 1 amide bonds. The smallest absolute Gasteiger partial charge is 0.252 e. The molecule has 1 fully saturated rings. The van der Waals surface area contributed by atoms with E-state index in [0.717, 1.165) is 18.4 Å². The number of aliphatic imine (C=N–C) groups is 1. The molecule has 0 unspecified atom stereocenters. The summed E-state index contributed by atoms with van der Waals surface area (Å²) in [6.45, 7) is 2.11. The minimum absolute atomic E-state index is 0.106. The maximum absolute atomic E-state index is 11.9. The second-order valence-electron chi connectivity index (χ2n) is 6.57. The summed E-state index contributed by atoms with van der Waals surface area (Å²) in [5.74, 6) is 1.61. The van der Waals surface area contributed by atoms with Crippen LogP contribution in [0.5, 0.6) is 0 Å². The molecule has 6 nitrogen and oxygen atoms in total. The highest BCUT2D eigenvalue weighted by Gasteiger charge is 2.12. The highest BCUT2D eigenvalue weighted by molar-refractivity contribution is 5.93. The number of amides is 1. The lowest BCUT2D eigenvalue weighted by Crippen LogP contribution is -2.41. The highest BCUT2D eigenvalue weighted by atomic mass is 16.1. The predicted molar refractivity (Wildman–Crippen MR) is 102 cm³/mol. The molecule has 0 saturated heterocycles. The molecule has 0 aliphatic heterocycles. The van der Waals surface area contributed by atoms with Gasteiger partial charge >= 0.3 is 0 Å². The second kappa shape index (κ2) is 11.4. The Kier molecular flexibility index (Phi) is 8.80. The molecular formula is C19H31N5O. The fraction of sp³-hybridized carbons (Fsp3) is 0.632.